The van der Waals surface area contributed by atoms with E-state index in [1.807, 2.05) is 6.07 Å². The number of sulfone groups is 1. The molecule has 0 saturated heterocycles. The van der Waals surface area contributed by atoms with E-state index in [-0.39, 0.29) is 59.8 Å². The summed E-state index contributed by atoms with van der Waals surface area (Å²) in [7, 11) is -3.51. The van der Waals surface area contributed by atoms with Gasteiger partial charge in [-0.05, 0) is 19.1 Å². The summed E-state index contributed by atoms with van der Waals surface area (Å²) >= 11 is 0. The Morgan fingerprint density at radius 2 is 1.72 bits per heavy atom. The number of benzene rings is 1. The van der Waals surface area contributed by atoms with Crippen LogP contribution in [0, 0.1) is 18.3 Å². The molecule has 1 heterocycles. The molecule has 0 bridgehead atoms. The molecule has 0 aliphatic rings. The fourth-order valence-corrected chi connectivity index (χ4v) is 3.32. The average molecular weight is 418 g/mol. The van der Waals surface area contributed by atoms with Crippen molar-refractivity contribution >= 4 is 32.8 Å². The van der Waals surface area contributed by atoms with Gasteiger partial charge in [-0.3, -0.25) is 0 Å². The lowest BCUT2D eigenvalue weighted by Crippen LogP contribution is -2.13. The van der Waals surface area contributed by atoms with Crippen molar-refractivity contribution in [2.75, 3.05) is 43.2 Å². The van der Waals surface area contributed by atoms with Crippen LogP contribution < -0.4 is 10.6 Å². The first-order valence-electron chi connectivity index (χ1n) is 8.68. The molecule has 0 aliphatic carbocycles. The summed E-state index contributed by atoms with van der Waals surface area (Å²) in [5.74, 6) is 0.520. The molecule has 1 aromatic heterocycles. The summed E-state index contributed by atoms with van der Waals surface area (Å²) in [6.45, 7) is 1.73. The fourth-order valence-electron chi connectivity index (χ4n) is 2.51. The zero-order valence-electron chi connectivity index (χ0n) is 16.0. The van der Waals surface area contributed by atoms with Crippen LogP contribution in [0.4, 0.5) is 23.0 Å². The summed E-state index contributed by atoms with van der Waals surface area (Å²) in [5, 5.41) is 41.7. The van der Waals surface area contributed by atoms with Gasteiger partial charge in [0.1, 0.15) is 23.3 Å². The molecule has 0 aliphatic heterocycles. The number of nitriles is 1. The normalized spacial score (nSPS) is 11.4. The zero-order chi connectivity index (χ0) is 21.4. The van der Waals surface area contributed by atoms with E-state index in [9.17, 15) is 13.7 Å². The zero-order valence-corrected chi connectivity index (χ0v) is 16.9. The number of rotatable bonds is 9. The van der Waals surface area contributed by atoms with E-state index >= 15 is 0 Å². The number of nitrogens with zero attached hydrogens (tertiary/aromatic N) is 4. The highest BCUT2D eigenvalue weighted by Crippen LogP contribution is 2.35. The van der Waals surface area contributed by atoms with Crippen molar-refractivity contribution in [2.45, 2.75) is 11.8 Å². The van der Waals surface area contributed by atoms with E-state index in [0.717, 1.165) is 6.26 Å². The van der Waals surface area contributed by atoms with Gasteiger partial charge in [0.15, 0.2) is 15.7 Å². The van der Waals surface area contributed by atoms with Gasteiger partial charge in [-0.25, -0.2) is 13.4 Å². The van der Waals surface area contributed by atoms with Crippen molar-refractivity contribution in [1.29, 1.82) is 5.26 Å². The SMILES string of the molecule is Cc1c(C#N)c(NCCO)nc(NCCO)c1N=Nc1ccccc1S(C)(=O)=O. The first-order valence-corrected chi connectivity index (χ1v) is 10.6. The van der Waals surface area contributed by atoms with Crippen molar-refractivity contribution in [3.05, 3.63) is 35.4 Å². The first-order chi connectivity index (χ1) is 13.8. The molecule has 0 spiro atoms. The van der Waals surface area contributed by atoms with E-state index in [0.29, 0.717) is 5.56 Å². The molecule has 4 N–H and O–H groups in total. The topological polar surface area (TPSA) is 160 Å². The van der Waals surface area contributed by atoms with Crippen molar-refractivity contribution in [3.63, 3.8) is 0 Å². The quantitative estimate of drug-likeness (QED) is 0.449. The van der Waals surface area contributed by atoms with Gasteiger partial charge in [0.05, 0.1) is 23.7 Å². The number of hydrogen-bond acceptors (Lipinski definition) is 10. The molecule has 0 unspecified atom stereocenters. The predicted molar refractivity (Wildman–Crippen MR) is 109 cm³/mol. The minimum Gasteiger partial charge on any atom is -0.395 e. The summed E-state index contributed by atoms with van der Waals surface area (Å²) in [4.78, 5) is 4.35. The second kappa shape index (κ2) is 9.92. The van der Waals surface area contributed by atoms with Crippen LogP contribution in [-0.4, -0.2) is 56.2 Å². The molecule has 2 aromatic rings. The maximum atomic E-state index is 12.0. The van der Waals surface area contributed by atoms with Crippen LogP contribution in [0.5, 0.6) is 0 Å². The maximum Gasteiger partial charge on any atom is 0.177 e. The van der Waals surface area contributed by atoms with E-state index in [4.69, 9.17) is 10.2 Å². The summed E-state index contributed by atoms with van der Waals surface area (Å²) in [6.07, 6.45) is 1.08. The van der Waals surface area contributed by atoms with Gasteiger partial charge in [-0.15, -0.1) is 10.2 Å². The molecule has 0 saturated carbocycles. The number of anilines is 2. The van der Waals surface area contributed by atoms with Crippen molar-refractivity contribution in [2.24, 2.45) is 10.2 Å². The maximum absolute atomic E-state index is 12.0. The van der Waals surface area contributed by atoms with E-state index in [1.165, 1.54) is 12.1 Å². The lowest BCUT2D eigenvalue weighted by Gasteiger charge is -2.15. The predicted octanol–water partition coefficient (Wildman–Crippen LogP) is 1.89. The number of hydrogen-bond donors (Lipinski definition) is 4. The molecule has 154 valence electrons. The van der Waals surface area contributed by atoms with E-state index < -0.39 is 9.84 Å². The van der Waals surface area contributed by atoms with Gasteiger partial charge in [-0.2, -0.15) is 5.26 Å². The van der Waals surface area contributed by atoms with Crippen LogP contribution in [0.2, 0.25) is 0 Å². The van der Waals surface area contributed by atoms with Gasteiger partial charge < -0.3 is 20.8 Å². The molecule has 0 radical (unpaired) electrons. The van der Waals surface area contributed by atoms with Crippen LogP contribution in [0.1, 0.15) is 11.1 Å². The highest BCUT2D eigenvalue weighted by Gasteiger charge is 2.18. The smallest absolute Gasteiger partial charge is 0.177 e. The number of aliphatic hydroxyl groups excluding tert-OH is 2. The van der Waals surface area contributed by atoms with Gasteiger partial charge in [0.2, 0.25) is 0 Å². The fraction of sp³-hybridized carbons (Fsp3) is 0.333. The second-order valence-electron chi connectivity index (χ2n) is 6.01. The Bertz CT molecular complexity index is 1050. The Balaban J connectivity index is 2.60. The Labute approximate surface area is 168 Å². The van der Waals surface area contributed by atoms with Crippen molar-refractivity contribution in [3.8, 4) is 6.07 Å². The molecule has 0 fully saturated rings. The summed E-state index contributed by atoms with van der Waals surface area (Å²) in [5.41, 5.74) is 1.08. The number of aliphatic hydroxyl groups is 2. The molecule has 0 atom stereocenters. The minimum atomic E-state index is -3.51. The molecule has 29 heavy (non-hydrogen) atoms. The largest absolute Gasteiger partial charge is 0.395 e. The molecule has 0 amide bonds. The van der Waals surface area contributed by atoms with Crippen LogP contribution in [0.25, 0.3) is 0 Å². The summed E-state index contributed by atoms with van der Waals surface area (Å²) in [6, 6.07) is 8.23. The third-order valence-corrected chi connectivity index (χ3v) is 5.00. The molecule has 1 aromatic carbocycles. The van der Waals surface area contributed by atoms with Gasteiger partial charge in [0, 0.05) is 24.9 Å². The van der Waals surface area contributed by atoms with Gasteiger partial charge >= 0.3 is 0 Å². The van der Waals surface area contributed by atoms with E-state index in [2.05, 4.69) is 25.8 Å². The number of azo groups is 1. The molecule has 2 rings (SSSR count). The first kappa shape index (κ1) is 22.2. The van der Waals surface area contributed by atoms with Crippen LogP contribution >= 0.6 is 0 Å². The molecule has 11 heteroatoms. The monoisotopic (exact) mass is 418 g/mol. The Hall–Kier alpha value is -3.07. The lowest BCUT2D eigenvalue weighted by atomic mass is 10.1. The Morgan fingerprint density at radius 1 is 1.10 bits per heavy atom. The van der Waals surface area contributed by atoms with Gasteiger partial charge in [-0.1, -0.05) is 12.1 Å². The minimum absolute atomic E-state index is 0.0287. The van der Waals surface area contributed by atoms with Gasteiger partial charge in [0.25, 0.3) is 0 Å². The Morgan fingerprint density at radius 3 is 2.31 bits per heavy atom. The molecular formula is C18H22N6O4S. The second-order valence-corrected chi connectivity index (χ2v) is 7.99. The van der Waals surface area contributed by atoms with Crippen molar-refractivity contribution in [1.82, 2.24) is 4.98 Å². The average Bonchev–Trinajstić information content (AvgIpc) is 2.69. The van der Waals surface area contributed by atoms with Crippen molar-refractivity contribution < 1.29 is 18.6 Å². The summed E-state index contributed by atoms with van der Waals surface area (Å²) < 4.78 is 23.9. The van der Waals surface area contributed by atoms with Crippen LogP contribution in [-0.2, 0) is 9.84 Å². The standard InChI is InChI=1S/C18H22N6O4S/c1-12-13(11-19)17(20-7-9-25)22-18(21-8-10-26)16(12)24-23-14-5-3-4-6-15(14)29(2,27)28/h3-6,25-26H,7-10H2,1-2H3,(H2,20,21,22). The number of aromatic nitrogens is 1. The van der Waals surface area contributed by atoms with E-state index in [1.54, 1.807) is 19.1 Å². The third-order valence-electron chi connectivity index (χ3n) is 3.86. The van der Waals surface area contributed by atoms with Crippen LogP contribution in [0.15, 0.2) is 39.4 Å². The Kier molecular flexibility index (Phi) is 7.60. The molecule has 10 nitrogen and oxygen atoms in total. The number of nitrogens with one attached hydrogen (secondary N) is 2. The third kappa shape index (κ3) is 5.47. The highest BCUT2D eigenvalue weighted by molar-refractivity contribution is 7.90. The number of pyridine rings is 1. The highest BCUT2D eigenvalue weighted by atomic mass is 32.2. The lowest BCUT2D eigenvalue weighted by molar-refractivity contribution is 0.311. The van der Waals surface area contributed by atoms with Crippen LogP contribution in [0.3, 0.4) is 0 Å². The molecular weight excluding hydrogens is 396 g/mol.